The number of rotatable bonds is 5. The lowest BCUT2D eigenvalue weighted by atomic mass is 9.84. The van der Waals surface area contributed by atoms with Crippen LogP contribution in [-0.4, -0.2) is 31.5 Å². The van der Waals surface area contributed by atoms with Gasteiger partial charge in [-0.05, 0) is 68.6 Å². The minimum atomic E-state index is -0.288. The minimum absolute atomic E-state index is 0.00775. The molecule has 3 aliphatic rings. The van der Waals surface area contributed by atoms with Crippen molar-refractivity contribution < 1.29 is 14.3 Å². The predicted octanol–water partition coefficient (Wildman–Crippen LogP) is 3.30. The summed E-state index contributed by atoms with van der Waals surface area (Å²) in [5.74, 6) is 2.66. The van der Waals surface area contributed by atoms with E-state index in [2.05, 4.69) is 12.2 Å². The SMILES string of the molecule is COc1ccc(C)cc1N1CC(C(=O)NC(C)C2CC3CCC2C3)CC1=O. The third-order valence-electron chi connectivity index (χ3n) is 6.93. The first-order chi connectivity index (χ1) is 13.0. The molecule has 1 aliphatic heterocycles. The van der Waals surface area contributed by atoms with Gasteiger partial charge in [0.2, 0.25) is 11.8 Å². The van der Waals surface area contributed by atoms with E-state index in [1.54, 1.807) is 12.0 Å². The lowest BCUT2D eigenvalue weighted by molar-refractivity contribution is -0.127. The molecule has 4 rings (SSSR count). The Labute approximate surface area is 161 Å². The van der Waals surface area contributed by atoms with E-state index in [9.17, 15) is 9.59 Å². The van der Waals surface area contributed by atoms with Gasteiger partial charge in [-0.25, -0.2) is 0 Å². The number of hydrogen-bond donors (Lipinski definition) is 1. The quantitative estimate of drug-likeness (QED) is 0.865. The highest BCUT2D eigenvalue weighted by Gasteiger charge is 2.43. The molecule has 3 fully saturated rings. The van der Waals surface area contributed by atoms with E-state index < -0.39 is 0 Å². The smallest absolute Gasteiger partial charge is 0.227 e. The first-order valence-electron chi connectivity index (χ1n) is 10.2. The molecule has 5 atom stereocenters. The first-order valence-corrected chi connectivity index (χ1v) is 10.2. The fraction of sp³-hybridized carbons (Fsp3) is 0.636. The van der Waals surface area contributed by atoms with Gasteiger partial charge in [0.05, 0.1) is 18.7 Å². The Hall–Kier alpha value is -2.04. The number of fused-ring (bicyclic) bond motifs is 2. The molecule has 0 spiro atoms. The van der Waals surface area contributed by atoms with Gasteiger partial charge in [0.25, 0.3) is 0 Å². The van der Waals surface area contributed by atoms with E-state index in [0.717, 1.165) is 23.1 Å². The summed E-state index contributed by atoms with van der Waals surface area (Å²) in [6.45, 7) is 4.56. The third kappa shape index (κ3) is 3.44. The monoisotopic (exact) mass is 370 g/mol. The molecular formula is C22H30N2O3. The fourth-order valence-electron chi connectivity index (χ4n) is 5.48. The molecule has 1 N–H and O–H groups in total. The van der Waals surface area contributed by atoms with Crippen molar-refractivity contribution in [3.63, 3.8) is 0 Å². The Morgan fingerprint density at radius 3 is 2.78 bits per heavy atom. The average molecular weight is 370 g/mol. The van der Waals surface area contributed by atoms with Crippen LogP contribution in [0, 0.1) is 30.6 Å². The van der Waals surface area contributed by atoms with Crippen LogP contribution in [0.25, 0.3) is 0 Å². The van der Waals surface area contributed by atoms with E-state index in [-0.39, 0.29) is 30.2 Å². The van der Waals surface area contributed by atoms with Crippen molar-refractivity contribution in [3.05, 3.63) is 23.8 Å². The highest BCUT2D eigenvalue weighted by atomic mass is 16.5. The van der Waals surface area contributed by atoms with E-state index in [0.29, 0.717) is 18.2 Å². The Kier molecular flexibility index (Phi) is 4.87. The number of nitrogens with zero attached hydrogens (tertiary/aromatic N) is 1. The van der Waals surface area contributed by atoms with Crippen LogP contribution in [0.2, 0.25) is 0 Å². The van der Waals surface area contributed by atoms with Crippen molar-refractivity contribution >= 4 is 17.5 Å². The first kappa shape index (κ1) is 18.3. The van der Waals surface area contributed by atoms with E-state index in [1.807, 2.05) is 25.1 Å². The number of carbonyl (C=O) groups is 2. The lowest BCUT2D eigenvalue weighted by Crippen LogP contribution is -2.43. The van der Waals surface area contributed by atoms with Crippen molar-refractivity contribution in [3.8, 4) is 5.75 Å². The summed E-state index contributed by atoms with van der Waals surface area (Å²) in [5, 5.41) is 3.23. The maximum atomic E-state index is 12.8. The van der Waals surface area contributed by atoms with Crippen LogP contribution in [-0.2, 0) is 9.59 Å². The zero-order valence-electron chi connectivity index (χ0n) is 16.5. The molecule has 0 radical (unpaired) electrons. The molecule has 5 nitrogen and oxygen atoms in total. The van der Waals surface area contributed by atoms with Gasteiger partial charge >= 0.3 is 0 Å². The minimum Gasteiger partial charge on any atom is -0.495 e. The average Bonchev–Trinajstić information content (AvgIpc) is 3.37. The maximum absolute atomic E-state index is 12.8. The molecule has 1 aromatic carbocycles. The van der Waals surface area contributed by atoms with Gasteiger partial charge in [0.15, 0.2) is 0 Å². The van der Waals surface area contributed by atoms with Crippen LogP contribution in [0.1, 0.15) is 44.6 Å². The van der Waals surface area contributed by atoms with Crippen LogP contribution in [0.4, 0.5) is 5.69 Å². The molecule has 2 aliphatic carbocycles. The number of ether oxygens (including phenoxy) is 1. The Bertz CT molecular complexity index is 747. The second kappa shape index (κ2) is 7.17. The highest BCUT2D eigenvalue weighted by Crippen LogP contribution is 2.49. The topological polar surface area (TPSA) is 58.6 Å². The third-order valence-corrected chi connectivity index (χ3v) is 6.93. The number of carbonyl (C=O) groups excluding carboxylic acids is 2. The summed E-state index contributed by atoms with van der Waals surface area (Å²) in [7, 11) is 1.61. The van der Waals surface area contributed by atoms with Gasteiger partial charge in [-0.2, -0.15) is 0 Å². The number of anilines is 1. The summed E-state index contributed by atoms with van der Waals surface area (Å²) in [5.41, 5.74) is 1.83. The van der Waals surface area contributed by atoms with E-state index in [4.69, 9.17) is 4.74 Å². The number of nitrogens with one attached hydrogen (secondary N) is 1. The molecule has 1 saturated heterocycles. The second-order valence-corrected chi connectivity index (χ2v) is 8.72. The van der Waals surface area contributed by atoms with Gasteiger partial charge < -0.3 is 15.0 Å². The normalized spacial score (nSPS) is 30.6. The number of aryl methyl sites for hydroxylation is 1. The van der Waals surface area contributed by atoms with Crippen LogP contribution in [0.15, 0.2) is 18.2 Å². The Balaban J connectivity index is 1.41. The van der Waals surface area contributed by atoms with Gasteiger partial charge in [0, 0.05) is 19.0 Å². The fourth-order valence-corrected chi connectivity index (χ4v) is 5.48. The molecule has 2 saturated carbocycles. The number of hydrogen-bond acceptors (Lipinski definition) is 3. The molecule has 2 bridgehead atoms. The summed E-state index contributed by atoms with van der Waals surface area (Å²) < 4.78 is 5.42. The van der Waals surface area contributed by atoms with Crippen LogP contribution >= 0.6 is 0 Å². The van der Waals surface area contributed by atoms with Crippen LogP contribution in [0.3, 0.4) is 0 Å². The second-order valence-electron chi connectivity index (χ2n) is 8.72. The molecule has 2 amide bonds. The predicted molar refractivity (Wildman–Crippen MR) is 105 cm³/mol. The maximum Gasteiger partial charge on any atom is 0.227 e. The zero-order chi connectivity index (χ0) is 19.1. The summed E-state index contributed by atoms with van der Waals surface area (Å²) in [4.78, 5) is 27.2. The number of benzene rings is 1. The number of methoxy groups -OCH3 is 1. The van der Waals surface area contributed by atoms with Gasteiger partial charge in [-0.3, -0.25) is 9.59 Å². The highest BCUT2D eigenvalue weighted by molar-refractivity contribution is 6.01. The van der Waals surface area contributed by atoms with Crippen molar-refractivity contribution in [2.24, 2.45) is 23.7 Å². The van der Waals surface area contributed by atoms with Crippen molar-refractivity contribution in [2.45, 2.75) is 52.0 Å². The van der Waals surface area contributed by atoms with Gasteiger partial charge in [-0.1, -0.05) is 12.5 Å². The molecule has 5 heteroatoms. The van der Waals surface area contributed by atoms with E-state index in [1.165, 1.54) is 25.7 Å². The standard InChI is InChI=1S/C22H30N2O3/c1-13-4-7-20(27-3)19(8-13)24-12-17(11-21(24)25)22(26)23-14(2)18-10-15-5-6-16(18)9-15/h4,7-8,14-18H,5-6,9-12H2,1-3H3,(H,23,26). The van der Waals surface area contributed by atoms with E-state index >= 15 is 0 Å². The van der Waals surface area contributed by atoms with Crippen LogP contribution < -0.4 is 15.0 Å². The summed E-state index contributed by atoms with van der Waals surface area (Å²) >= 11 is 0. The van der Waals surface area contributed by atoms with Gasteiger partial charge in [-0.15, -0.1) is 0 Å². The molecular weight excluding hydrogens is 340 g/mol. The Morgan fingerprint density at radius 2 is 2.11 bits per heavy atom. The van der Waals surface area contributed by atoms with Crippen molar-refractivity contribution in [2.75, 3.05) is 18.6 Å². The zero-order valence-corrected chi connectivity index (χ0v) is 16.5. The van der Waals surface area contributed by atoms with Crippen molar-refractivity contribution in [1.29, 1.82) is 0 Å². The number of amides is 2. The molecule has 5 unspecified atom stereocenters. The molecule has 1 aromatic rings. The molecule has 27 heavy (non-hydrogen) atoms. The largest absolute Gasteiger partial charge is 0.495 e. The lowest BCUT2D eigenvalue weighted by Gasteiger charge is -2.29. The summed E-state index contributed by atoms with van der Waals surface area (Å²) in [6.07, 6.45) is 5.55. The van der Waals surface area contributed by atoms with Gasteiger partial charge in [0.1, 0.15) is 5.75 Å². The Morgan fingerprint density at radius 1 is 1.30 bits per heavy atom. The summed E-state index contributed by atoms with van der Waals surface area (Å²) in [6, 6.07) is 5.99. The molecule has 0 aromatic heterocycles. The molecule has 146 valence electrons. The van der Waals surface area contributed by atoms with Crippen molar-refractivity contribution in [1.82, 2.24) is 5.32 Å². The van der Waals surface area contributed by atoms with Crippen LogP contribution in [0.5, 0.6) is 5.75 Å². The molecule has 1 heterocycles.